The molecule has 3 aromatic heterocycles. The van der Waals surface area contributed by atoms with E-state index >= 15 is 0 Å². The lowest BCUT2D eigenvalue weighted by molar-refractivity contribution is 0.0527. The van der Waals surface area contributed by atoms with Gasteiger partial charge in [-0.1, -0.05) is 11.6 Å². The number of hydrogen-bond acceptors (Lipinski definition) is 5. The summed E-state index contributed by atoms with van der Waals surface area (Å²) in [6, 6.07) is 8.91. The maximum Gasteiger partial charge on any atom is 0.345 e. The largest absolute Gasteiger partial charge is 0.462 e. The highest BCUT2D eigenvalue weighted by Crippen LogP contribution is 2.32. The minimum Gasteiger partial charge on any atom is -0.462 e. The molecule has 0 spiro atoms. The molecule has 0 fully saturated rings. The number of aromatic nitrogens is 2. The molecule has 0 atom stereocenters. The lowest BCUT2D eigenvalue weighted by Crippen LogP contribution is -2.20. The SMILES string of the molecule is CCOC(=O)c1c(=O)c2ccc(C)nc2n2c1sc1ccc(Cl)cc12. The van der Waals surface area contributed by atoms with Gasteiger partial charge in [-0.3, -0.25) is 9.20 Å². The number of benzene rings is 1. The van der Waals surface area contributed by atoms with Crippen LogP contribution in [0.1, 0.15) is 23.0 Å². The first-order valence-corrected chi connectivity index (χ1v) is 8.92. The number of carbonyl (C=O) groups excluding carboxylic acids is 1. The van der Waals surface area contributed by atoms with Gasteiger partial charge in [0.25, 0.3) is 0 Å². The molecule has 0 aliphatic carbocycles. The number of rotatable bonds is 2. The van der Waals surface area contributed by atoms with Crippen LogP contribution in [0, 0.1) is 6.92 Å². The number of ether oxygens (including phenoxy) is 1. The van der Waals surface area contributed by atoms with Gasteiger partial charge in [0, 0.05) is 10.7 Å². The lowest BCUT2D eigenvalue weighted by atomic mass is 10.2. The van der Waals surface area contributed by atoms with Crippen LogP contribution in [0.15, 0.2) is 35.1 Å². The van der Waals surface area contributed by atoms with Gasteiger partial charge in [0.05, 0.1) is 22.2 Å². The molecule has 0 aliphatic heterocycles. The fourth-order valence-electron chi connectivity index (χ4n) is 2.89. The quantitative estimate of drug-likeness (QED) is 0.495. The van der Waals surface area contributed by atoms with E-state index in [9.17, 15) is 9.59 Å². The molecule has 4 aromatic rings. The van der Waals surface area contributed by atoms with Gasteiger partial charge in [0.2, 0.25) is 5.43 Å². The van der Waals surface area contributed by atoms with Crippen LogP contribution >= 0.6 is 22.9 Å². The summed E-state index contributed by atoms with van der Waals surface area (Å²) < 4.78 is 7.85. The van der Waals surface area contributed by atoms with E-state index in [-0.39, 0.29) is 17.6 Å². The standard InChI is InChI=1S/C18H13ClN2O3S/c1-3-24-18(23)14-15(22)11-6-4-9(2)20-16(11)21-12-8-10(19)5-7-13(12)25-17(14)21/h4-8H,3H2,1-2H3. The topological polar surface area (TPSA) is 60.7 Å². The Balaban J connectivity index is 2.30. The van der Waals surface area contributed by atoms with E-state index in [4.69, 9.17) is 16.3 Å². The predicted octanol–water partition coefficient (Wildman–Crippen LogP) is 4.20. The second-order valence-corrected chi connectivity index (χ2v) is 7.07. The Bertz CT molecular complexity index is 1230. The van der Waals surface area contributed by atoms with Crippen LogP contribution in [-0.4, -0.2) is 22.0 Å². The number of carbonyl (C=O) groups is 1. The Kier molecular flexibility index (Phi) is 3.74. The molecule has 0 radical (unpaired) electrons. The fraction of sp³-hybridized carbons (Fsp3) is 0.167. The minimum absolute atomic E-state index is 0.0392. The molecule has 4 rings (SSSR count). The Morgan fingerprint density at radius 2 is 2.12 bits per heavy atom. The van der Waals surface area contributed by atoms with Crippen molar-refractivity contribution < 1.29 is 9.53 Å². The number of aryl methyl sites for hydroxylation is 1. The monoisotopic (exact) mass is 372 g/mol. The molecule has 25 heavy (non-hydrogen) atoms. The van der Waals surface area contributed by atoms with Gasteiger partial charge < -0.3 is 4.74 Å². The van der Waals surface area contributed by atoms with E-state index in [1.165, 1.54) is 11.3 Å². The molecule has 126 valence electrons. The predicted molar refractivity (Wildman–Crippen MR) is 100 cm³/mol. The van der Waals surface area contributed by atoms with E-state index < -0.39 is 5.97 Å². The molecule has 0 aliphatic rings. The second-order valence-electron chi connectivity index (χ2n) is 5.60. The number of nitrogens with zero attached hydrogens (tertiary/aromatic N) is 2. The van der Waals surface area contributed by atoms with Crippen molar-refractivity contribution in [2.45, 2.75) is 13.8 Å². The maximum absolute atomic E-state index is 12.9. The first-order chi connectivity index (χ1) is 12.0. The van der Waals surface area contributed by atoms with Gasteiger partial charge in [-0.25, -0.2) is 9.78 Å². The van der Waals surface area contributed by atoms with Crippen molar-refractivity contribution in [3.8, 4) is 0 Å². The number of halogens is 1. The van der Waals surface area contributed by atoms with Gasteiger partial charge in [-0.2, -0.15) is 0 Å². The van der Waals surface area contributed by atoms with Crippen molar-refractivity contribution in [3.05, 3.63) is 56.8 Å². The van der Waals surface area contributed by atoms with E-state index in [2.05, 4.69) is 4.98 Å². The van der Waals surface area contributed by atoms with Crippen LogP contribution in [0.5, 0.6) is 0 Å². The number of pyridine rings is 2. The highest BCUT2D eigenvalue weighted by Gasteiger charge is 2.23. The highest BCUT2D eigenvalue weighted by molar-refractivity contribution is 7.24. The van der Waals surface area contributed by atoms with Crippen LogP contribution in [0.4, 0.5) is 0 Å². The first kappa shape index (κ1) is 16.1. The van der Waals surface area contributed by atoms with Crippen LogP contribution < -0.4 is 5.43 Å². The zero-order chi connectivity index (χ0) is 17.7. The zero-order valence-corrected chi connectivity index (χ0v) is 15.1. The van der Waals surface area contributed by atoms with E-state index in [0.717, 1.165) is 15.9 Å². The van der Waals surface area contributed by atoms with Crippen LogP contribution in [-0.2, 0) is 4.74 Å². The van der Waals surface area contributed by atoms with E-state index in [1.54, 1.807) is 25.1 Å². The number of esters is 1. The lowest BCUT2D eigenvalue weighted by Gasteiger charge is -2.08. The number of fused-ring (bicyclic) bond motifs is 5. The average molecular weight is 373 g/mol. The zero-order valence-electron chi connectivity index (χ0n) is 13.5. The summed E-state index contributed by atoms with van der Waals surface area (Å²) in [6.45, 7) is 3.77. The molecule has 5 nitrogen and oxygen atoms in total. The smallest absolute Gasteiger partial charge is 0.345 e. The van der Waals surface area contributed by atoms with E-state index in [1.807, 2.05) is 23.5 Å². The highest BCUT2D eigenvalue weighted by atomic mass is 35.5. The summed E-state index contributed by atoms with van der Waals surface area (Å²) in [6.07, 6.45) is 0. The normalized spacial score (nSPS) is 11.5. The first-order valence-electron chi connectivity index (χ1n) is 7.72. The molecule has 3 heterocycles. The van der Waals surface area contributed by atoms with Crippen LogP contribution in [0.2, 0.25) is 5.02 Å². The molecular formula is C18H13ClN2O3S. The molecule has 0 saturated carbocycles. The summed E-state index contributed by atoms with van der Waals surface area (Å²) in [5.41, 5.74) is 1.78. The summed E-state index contributed by atoms with van der Waals surface area (Å²) in [7, 11) is 0. The van der Waals surface area contributed by atoms with Crippen molar-refractivity contribution in [3.63, 3.8) is 0 Å². The minimum atomic E-state index is -0.620. The number of hydrogen-bond donors (Lipinski definition) is 0. The molecule has 0 saturated heterocycles. The molecule has 0 N–H and O–H groups in total. The van der Waals surface area contributed by atoms with Crippen molar-refractivity contribution in [1.29, 1.82) is 0 Å². The summed E-state index contributed by atoms with van der Waals surface area (Å²) >= 11 is 7.51. The summed E-state index contributed by atoms with van der Waals surface area (Å²) in [5, 5.41) is 0.954. The second kappa shape index (κ2) is 5.82. The van der Waals surface area contributed by atoms with Gasteiger partial charge in [0.1, 0.15) is 16.0 Å². The van der Waals surface area contributed by atoms with Crippen LogP contribution in [0.25, 0.3) is 26.1 Å². The van der Waals surface area contributed by atoms with Crippen molar-refractivity contribution in [2.75, 3.05) is 6.61 Å². The van der Waals surface area contributed by atoms with Gasteiger partial charge in [-0.15, -0.1) is 11.3 Å². The van der Waals surface area contributed by atoms with Crippen molar-refractivity contribution >= 4 is 55.0 Å². The third-order valence-corrected chi connectivity index (χ3v) is 5.34. The van der Waals surface area contributed by atoms with Gasteiger partial charge in [0.15, 0.2) is 0 Å². The Morgan fingerprint density at radius 1 is 1.32 bits per heavy atom. The van der Waals surface area contributed by atoms with E-state index in [0.29, 0.717) is 20.9 Å². The number of thiazole rings is 1. The van der Waals surface area contributed by atoms with Crippen molar-refractivity contribution in [1.82, 2.24) is 9.38 Å². The Morgan fingerprint density at radius 3 is 2.88 bits per heavy atom. The van der Waals surface area contributed by atoms with Gasteiger partial charge >= 0.3 is 5.97 Å². The molecule has 1 aromatic carbocycles. The third-order valence-electron chi connectivity index (χ3n) is 3.96. The maximum atomic E-state index is 12.9. The van der Waals surface area contributed by atoms with Gasteiger partial charge in [-0.05, 0) is 44.2 Å². The molecular weight excluding hydrogens is 360 g/mol. The third kappa shape index (κ3) is 2.41. The molecule has 0 bridgehead atoms. The van der Waals surface area contributed by atoms with Crippen molar-refractivity contribution in [2.24, 2.45) is 0 Å². The Hall–Kier alpha value is -2.44. The average Bonchev–Trinajstić information content (AvgIpc) is 2.93. The molecule has 0 unspecified atom stereocenters. The summed E-state index contributed by atoms with van der Waals surface area (Å²) in [5.74, 6) is -0.620. The Labute approximate surface area is 151 Å². The molecule has 0 amide bonds. The van der Waals surface area contributed by atoms with Crippen LogP contribution in [0.3, 0.4) is 0 Å². The fourth-order valence-corrected chi connectivity index (χ4v) is 4.21. The molecule has 7 heteroatoms. The summed E-state index contributed by atoms with van der Waals surface area (Å²) in [4.78, 5) is 30.5.